The topological polar surface area (TPSA) is 124 Å². The molecule has 4 N–H and O–H groups in total. The fraction of sp³-hybridized carbons (Fsp3) is 0.261. The van der Waals surface area contributed by atoms with Crippen LogP contribution < -0.4 is 16.4 Å². The molecule has 0 unspecified atom stereocenters. The Hall–Kier alpha value is -3.92. The van der Waals surface area contributed by atoms with Gasteiger partial charge in [0.25, 0.3) is 5.91 Å². The third-order valence-corrected chi connectivity index (χ3v) is 6.51. The van der Waals surface area contributed by atoms with Crippen LogP contribution in [0.2, 0.25) is 0 Å². The standard InChI is InChI=1S/C23H21FN8O/c24-15-5-6-26-18(9-15)30-23(33)14-3-1-13(2-4-14)20-19-21(25)28-11-29-22(19)32(31-20)17-8-12-7-16(17)27-10-12/h1-6,9,11-12,16-17,27H,7-8,10H2,(H2,25,28,29)(H,26,30,33)/t12-,16+,17+/m1/s1. The van der Waals surface area contributed by atoms with E-state index in [9.17, 15) is 9.18 Å². The van der Waals surface area contributed by atoms with Crippen molar-refractivity contribution < 1.29 is 9.18 Å². The number of halogens is 1. The summed E-state index contributed by atoms with van der Waals surface area (Å²) in [6.45, 7) is 1.05. The van der Waals surface area contributed by atoms with Crippen LogP contribution in [-0.2, 0) is 0 Å². The quantitative estimate of drug-likeness (QED) is 0.442. The maximum Gasteiger partial charge on any atom is 0.256 e. The van der Waals surface area contributed by atoms with E-state index in [4.69, 9.17) is 10.8 Å². The normalized spacial score (nSPS) is 21.5. The van der Waals surface area contributed by atoms with E-state index in [1.807, 2.05) is 16.8 Å². The number of rotatable bonds is 4. The highest BCUT2D eigenvalue weighted by atomic mass is 19.1. The number of piperidine rings is 1. The molecule has 3 aromatic heterocycles. The molecule has 2 fully saturated rings. The van der Waals surface area contributed by atoms with Gasteiger partial charge >= 0.3 is 0 Å². The van der Waals surface area contributed by atoms with Gasteiger partial charge in [-0.1, -0.05) is 12.1 Å². The van der Waals surface area contributed by atoms with Crippen molar-refractivity contribution in [2.45, 2.75) is 24.9 Å². The van der Waals surface area contributed by atoms with Crippen LogP contribution >= 0.6 is 0 Å². The number of nitrogens with zero attached hydrogens (tertiary/aromatic N) is 5. The number of anilines is 2. The predicted molar refractivity (Wildman–Crippen MR) is 121 cm³/mol. The molecule has 1 aromatic carbocycles. The fourth-order valence-corrected chi connectivity index (χ4v) is 4.96. The number of carbonyl (C=O) groups excluding carboxylic acids is 1. The Labute approximate surface area is 188 Å². The minimum Gasteiger partial charge on any atom is -0.383 e. The van der Waals surface area contributed by atoms with Gasteiger partial charge in [-0.2, -0.15) is 5.10 Å². The van der Waals surface area contributed by atoms with Crippen molar-refractivity contribution in [1.29, 1.82) is 0 Å². The first-order chi connectivity index (χ1) is 16.1. The summed E-state index contributed by atoms with van der Waals surface area (Å²) in [5.41, 5.74) is 8.85. The Kier molecular flexibility index (Phi) is 4.54. The molecule has 33 heavy (non-hydrogen) atoms. The third kappa shape index (κ3) is 3.39. The van der Waals surface area contributed by atoms with Gasteiger partial charge in [-0.15, -0.1) is 0 Å². The lowest BCUT2D eigenvalue weighted by Gasteiger charge is -2.23. The number of nitrogens with two attached hydrogens (primary N) is 1. The first-order valence-electron chi connectivity index (χ1n) is 10.8. The Morgan fingerprint density at radius 3 is 2.73 bits per heavy atom. The van der Waals surface area contributed by atoms with Crippen molar-refractivity contribution in [3.8, 4) is 11.3 Å². The van der Waals surface area contributed by atoms with E-state index in [0.717, 1.165) is 30.6 Å². The molecule has 0 radical (unpaired) electrons. The van der Waals surface area contributed by atoms with Crippen molar-refractivity contribution in [2.24, 2.45) is 5.92 Å². The zero-order valence-corrected chi connectivity index (χ0v) is 17.6. The molecule has 4 aromatic rings. The summed E-state index contributed by atoms with van der Waals surface area (Å²) >= 11 is 0. The summed E-state index contributed by atoms with van der Waals surface area (Å²) in [4.78, 5) is 25.2. The molecular weight excluding hydrogens is 423 g/mol. The Morgan fingerprint density at radius 2 is 2.00 bits per heavy atom. The van der Waals surface area contributed by atoms with Gasteiger partial charge in [-0.3, -0.25) is 4.79 Å². The number of carbonyl (C=O) groups is 1. The second kappa shape index (κ2) is 7.59. The van der Waals surface area contributed by atoms with E-state index in [1.54, 1.807) is 12.1 Å². The third-order valence-electron chi connectivity index (χ3n) is 6.51. The van der Waals surface area contributed by atoms with E-state index in [2.05, 4.69) is 25.6 Å². The zero-order valence-electron chi connectivity index (χ0n) is 17.6. The Balaban J connectivity index is 1.33. The molecular formula is C23H21FN8O. The highest BCUT2D eigenvalue weighted by Gasteiger charge is 2.42. The van der Waals surface area contributed by atoms with Gasteiger partial charge in [0, 0.05) is 29.4 Å². The average molecular weight is 444 g/mol. The van der Waals surface area contributed by atoms with E-state index in [-0.39, 0.29) is 17.8 Å². The number of aromatic nitrogens is 5. The number of hydrogen-bond donors (Lipinski definition) is 3. The fourth-order valence-electron chi connectivity index (χ4n) is 4.96. The van der Waals surface area contributed by atoms with Crippen molar-refractivity contribution in [3.05, 3.63) is 60.3 Å². The van der Waals surface area contributed by atoms with Crippen LogP contribution in [-0.4, -0.2) is 43.2 Å². The van der Waals surface area contributed by atoms with Gasteiger partial charge in [0.2, 0.25) is 0 Å². The van der Waals surface area contributed by atoms with Crippen molar-refractivity contribution >= 4 is 28.6 Å². The van der Waals surface area contributed by atoms with E-state index in [1.165, 1.54) is 24.7 Å². The predicted octanol–water partition coefficient (Wildman–Crippen LogP) is 2.78. The molecule has 1 aliphatic carbocycles. The van der Waals surface area contributed by atoms with Crippen molar-refractivity contribution in [2.75, 3.05) is 17.6 Å². The molecule has 2 bridgehead atoms. The second-order valence-electron chi connectivity index (χ2n) is 8.56. The van der Waals surface area contributed by atoms with Gasteiger partial charge in [0.1, 0.15) is 29.5 Å². The summed E-state index contributed by atoms with van der Waals surface area (Å²) in [5.74, 6) is 0.330. The smallest absolute Gasteiger partial charge is 0.256 e. The molecule has 1 saturated heterocycles. The number of fused-ring (bicyclic) bond motifs is 3. The minimum atomic E-state index is -0.469. The molecule has 3 atom stereocenters. The van der Waals surface area contributed by atoms with Crippen LogP contribution in [0.4, 0.5) is 16.0 Å². The molecule has 2 aliphatic rings. The van der Waals surface area contributed by atoms with Crippen LogP contribution in [0.5, 0.6) is 0 Å². The lowest BCUT2D eigenvalue weighted by molar-refractivity contribution is 0.102. The van der Waals surface area contributed by atoms with Crippen LogP contribution in [0.1, 0.15) is 29.2 Å². The largest absolute Gasteiger partial charge is 0.383 e. The monoisotopic (exact) mass is 444 g/mol. The lowest BCUT2D eigenvalue weighted by Crippen LogP contribution is -2.35. The number of benzene rings is 1. The van der Waals surface area contributed by atoms with E-state index < -0.39 is 5.82 Å². The number of nitrogen functional groups attached to an aromatic ring is 1. The van der Waals surface area contributed by atoms with Gasteiger partial charge < -0.3 is 16.4 Å². The van der Waals surface area contributed by atoms with E-state index in [0.29, 0.717) is 34.4 Å². The van der Waals surface area contributed by atoms with Crippen LogP contribution in [0.3, 0.4) is 0 Å². The summed E-state index contributed by atoms with van der Waals surface area (Å²) in [6.07, 6.45) is 4.97. The van der Waals surface area contributed by atoms with Gasteiger partial charge in [-0.05, 0) is 43.5 Å². The molecule has 9 nitrogen and oxygen atoms in total. The molecule has 4 heterocycles. The minimum absolute atomic E-state index is 0.151. The number of hydrogen-bond acceptors (Lipinski definition) is 7. The second-order valence-corrected chi connectivity index (χ2v) is 8.56. The molecule has 1 aliphatic heterocycles. The molecule has 6 rings (SSSR count). The number of amides is 1. The Bertz CT molecular complexity index is 1370. The first kappa shape index (κ1) is 19.7. The van der Waals surface area contributed by atoms with Crippen molar-refractivity contribution in [3.63, 3.8) is 0 Å². The Morgan fingerprint density at radius 1 is 1.15 bits per heavy atom. The molecule has 1 saturated carbocycles. The molecule has 1 amide bonds. The number of pyridine rings is 1. The molecule has 10 heteroatoms. The number of nitrogens with one attached hydrogen (secondary N) is 2. The van der Waals surface area contributed by atoms with Crippen LogP contribution in [0.25, 0.3) is 22.3 Å². The highest BCUT2D eigenvalue weighted by molar-refractivity contribution is 6.04. The maximum absolute atomic E-state index is 13.4. The highest BCUT2D eigenvalue weighted by Crippen LogP contribution is 2.41. The lowest BCUT2D eigenvalue weighted by atomic mass is 10.1. The van der Waals surface area contributed by atoms with Crippen LogP contribution in [0, 0.1) is 11.7 Å². The van der Waals surface area contributed by atoms with E-state index >= 15 is 0 Å². The molecule has 166 valence electrons. The summed E-state index contributed by atoms with van der Waals surface area (Å²) in [7, 11) is 0. The summed E-state index contributed by atoms with van der Waals surface area (Å²) < 4.78 is 15.3. The van der Waals surface area contributed by atoms with Gasteiger partial charge in [0.15, 0.2) is 5.65 Å². The van der Waals surface area contributed by atoms with Crippen LogP contribution in [0.15, 0.2) is 48.9 Å². The SMILES string of the molecule is Nc1ncnc2c1c(-c1ccc(C(=O)Nc3cc(F)ccn3)cc1)nn2[C@H]1C[C@@H]2CN[C@H]1C2. The summed E-state index contributed by atoms with van der Waals surface area (Å²) in [6, 6.07) is 9.98. The van der Waals surface area contributed by atoms with Gasteiger partial charge in [0.05, 0.1) is 11.4 Å². The van der Waals surface area contributed by atoms with Gasteiger partial charge in [-0.25, -0.2) is 24.0 Å². The maximum atomic E-state index is 13.4. The molecule has 0 spiro atoms. The first-order valence-corrected chi connectivity index (χ1v) is 10.8. The summed E-state index contributed by atoms with van der Waals surface area (Å²) in [5, 5.41) is 11.8. The average Bonchev–Trinajstić information content (AvgIpc) is 3.54. The van der Waals surface area contributed by atoms with Crippen molar-refractivity contribution in [1.82, 2.24) is 30.0 Å². The zero-order chi connectivity index (χ0) is 22.5.